The Balaban J connectivity index is 0.993. The fourth-order valence-electron chi connectivity index (χ4n) is 10.7. The second-order valence-corrected chi connectivity index (χ2v) is 14.9. The van der Waals surface area contributed by atoms with Gasteiger partial charge in [0.1, 0.15) is 0 Å². The molecule has 5 rings (SSSR count). The van der Waals surface area contributed by atoms with Gasteiger partial charge in [-0.15, -0.1) is 0 Å². The zero-order chi connectivity index (χ0) is 23.4. The van der Waals surface area contributed by atoms with Crippen LogP contribution in [0.2, 0.25) is 0 Å². The van der Waals surface area contributed by atoms with E-state index < -0.39 is 0 Å². The maximum absolute atomic E-state index is 2.38. The van der Waals surface area contributed by atoms with Gasteiger partial charge in [0.15, 0.2) is 0 Å². The molecule has 5 saturated carbocycles. The Labute approximate surface area is 214 Å². The summed E-state index contributed by atoms with van der Waals surface area (Å²) in [5, 5.41) is 0. The zero-order valence-corrected chi connectivity index (χ0v) is 23.4. The normalized spacial score (nSPS) is 45.4. The highest BCUT2D eigenvalue weighted by atomic mass is 14.6. The zero-order valence-electron chi connectivity index (χ0n) is 23.4. The lowest BCUT2D eigenvalue weighted by Gasteiger charge is -2.62. The van der Waals surface area contributed by atoms with Crippen LogP contribution in [-0.2, 0) is 0 Å². The fraction of sp³-hybridized carbons (Fsp3) is 1.00. The molecule has 2 spiro atoms. The van der Waals surface area contributed by atoms with Gasteiger partial charge in [-0.05, 0) is 136 Å². The molecule has 5 aliphatic carbocycles. The van der Waals surface area contributed by atoms with Crippen LogP contribution in [0.25, 0.3) is 0 Å². The van der Waals surface area contributed by atoms with Crippen molar-refractivity contribution in [2.45, 2.75) is 168 Å². The van der Waals surface area contributed by atoms with Gasteiger partial charge in [-0.2, -0.15) is 0 Å². The van der Waals surface area contributed by atoms with E-state index in [0.29, 0.717) is 0 Å². The van der Waals surface area contributed by atoms with Crippen molar-refractivity contribution < 1.29 is 0 Å². The molecule has 34 heavy (non-hydrogen) atoms. The standard InChI is InChI=1S/C34H60/c1-3-5-6-8-28-11-15-30(16-12-28)32-19-23-34(24-20-32)25-33(26-34)21-17-31(18-22-33)29-13-9-27(7-4-2)10-14-29/h27-32H,3-26H2,1-2H3/t27-,28-,29-,30-,31?,32?,33?,34?. The van der Waals surface area contributed by atoms with Gasteiger partial charge in [0.05, 0.1) is 0 Å². The van der Waals surface area contributed by atoms with Gasteiger partial charge in [-0.1, -0.05) is 78.1 Å². The molecular formula is C34H60. The molecule has 0 amide bonds. The van der Waals surface area contributed by atoms with Crippen LogP contribution in [0.15, 0.2) is 0 Å². The second-order valence-electron chi connectivity index (χ2n) is 14.9. The van der Waals surface area contributed by atoms with Gasteiger partial charge in [0.25, 0.3) is 0 Å². The van der Waals surface area contributed by atoms with Crippen LogP contribution in [0, 0.1) is 46.3 Å². The summed E-state index contributed by atoms with van der Waals surface area (Å²) in [5.41, 5.74) is 1.64. The third kappa shape index (κ3) is 5.93. The van der Waals surface area contributed by atoms with E-state index in [1.54, 1.807) is 116 Å². The molecule has 5 aliphatic rings. The summed E-state index contributed by atoms with van der Waals surface area (Å²) in [5.74, 6) is 6.60. The lowest BCUT2D eigenvalue weighted by Crippen LogP contribution is -2.50. The van der Waals surface area contributed by atoms with E-state index in [1.165, 1.54) is 38.5 Å². The highest BCUT2D eigenvalue weighted by Gasteiger charge is 2.56. The Bertz CT molecular complexity index is 576. The maximum Gasteiger partial charge on any atom is -0.0287 e. The lowest BCUT2D eigenvalue weighted by atomic mass is 9.43. The van der Waals surface area contributed by atoms with Crippen LogP contribution < -0.4 is 0 Å². The average molecular weight is 469 g/mol. The minimum absolute atomic E-state index is 0.818. The summed E-state index contributed by atoms with van der Waals surface area (Å²) in [6, 6.07) is 0. The van der Waals surface area contributed by atoms with E-state index >= 15 is 0 Å². The van der Waals surface area contributed by atoms with Crippen molar-refractivity contribution in [2.24, 2.45) is 46.3 Å². The van der Waals surface area contributed by atoms with Gasteiger partial charge in [-0.3, -0.25) is 0 Å². The summed E-state index contributed by atoms with van der Waals surface area (Å²) >= 11 is 0. The molecular weight excluding hydrogens is 408 g/mol. The van der Waals surface area contributed by atoms with Gasteiger partial charge >= 0.3 is 0 Å². The van der Waals surface area contributed by atoms with Gasteiger partial charge in [0.2, 0.25) is 0 Å². The van der Waals surface area contributed by atoms with Crippen molar-refractivity contribution >= 4 is 0 Å². The van der Waals surface area contributed by atoms with Crippen LogP contribution in [0.4, 0.5) is 0 Å². The number of hydrogen-bond acceptors (Lipinski definition) is 0. The van der Waals surface area contributed by atoms with Gasteiger partial charge < -0.3 is 0 Å². The summed E-state index contributed by atoms with van der Waals surface area (Å²) in [6.07, 6.45) is 37.5. The Morgan fingerprint density at radius 3 is 1.26 bits per heavy atom. The average Bonchev–Trinajstić information content (AvgIpc) is 2.86. The molecule has 0 nitrogen and oxygen atoms in total. The predicted octanol–water partition coefficient (Wildman–Crippen LogP) is 11.1. The van der Waals surface area contributed by atoms with Crippen LogP contribution >= 0.6 is 0 Å². The Morgan fingerprint density at radius 2 is 0.853 bits per heavy atom. The smallest absolute Gasteiger partial charge is 0.0287 e. The molecule has 0 aromatic heterocycles. The molecule has 5 fully saturated rings. The first-order chi connectivity index (χ1) is 16.6. The predicted molar refractivity (Wildman–Crippen MR) is 148 cm³/mol. The van der Waals surface area contributed by atoms with Gasteiger partial charge in [-0.25, -0.2) is 0 Å². The minimum atomic E-state index is 0.818. The molecule has 0 heterocycles. The lowest BCUT2D eigenvalue weighted by molar-refractivity contribution is -0.109. The SMILES string of the molecule is CCCCC[C@H]1CC[C@H](C2CCC3(CC2)CC2(CCC([C@H]4CC[C@H](CCC)CC4)CC2)C3)CC1. The molecule has 0 heteroatoms. The van der Waals surface area contributed by atoms with Crippen LogP contribution in [0.1, 0.15) is 168 Å². The van der Waals surface area contributed by atoms with E-state index in [2.05, 4.69) is 13.8 Å². The topological polar surface area (TPSA) is 0 Å². The first-order valence-electron chi connectivity index (χ1n) is 16.6. The monoisotopic (exact) mass is 468 g/mol. The summed E-state index contributed by atoms with van der Waals surface area (Å²) in [4.78, 5) is 0. The Morgan fingerprint density at radius 1 is 0.441 bits per heavy atom. The van der Waals surface area contributed by atoms with E-state index in [4.69, 9.17) is 0 Å². The molecule has 0 unspecified atom stereocenters. The van der Waals surface area contributed by atoms with Crippen molar-refractivity contribution in [2.75, 3.05) is 0 Å². The number of rotatable bonds is 8. The molecule has 0 aliphatic heterocycles. The summed E-state index contributed by atoms with van der Waals surface area (Å²) in [7, 11) is 0. The first-order valence-corrected chi connectivity index (χ1v) is 16.6. The van der Waals surface area contributed by atoms with Crippen molar-refractivity contribution in [3.8, 4) is 0 Å². The Hall–Kier alpha value is 0. The quantitative estimate of drug-likeness (QED) is 0.311. The molecule has 0 N–H and O–H groups in total. The van der Waals surface area contributed by atoms with Crippen molar-refractivity contribution in [1.29, 1.82) is 0 Å². The highest BCUT2D eigenvalue weighted by Crippen LogP contribution is 2.67. The first kappa shape index (κ1) is 25.6. The van der Waals surface area contributed by atoms with E-state index in [9.17, 15) is 0 Å². The number of unbranched alkanes of at least 4 members (excludes halogenated alkanes) is 2. The molecule has 0 radical (unpaired) electrons. The molecule has 196 valence electrons. The third-order valence-electron chi connectivity index (χ3n) is 12.7. The second kappa shape index (κ2) is 11.6. The largest absolute Gasteiger partial charge is 0.0654 e. The fourth-order valence-corrected chi connectivity index (χ4v) is 10.7. The van der Waals surface area contributed by atoms with Gasteiger partial charge in [0, 0.05) is 0 Å². The molecule has 0 bridgehead atoms. The maximum atomic E-state index is 2.38. The van der Waals surface area contributed by atoms with Crippen molar-refractivity contribution in [3.05, 3.63) is 0 Å². The molecule has 0 aromatic rings. The molecule has 0 atom stereocenters. The Kier molecular flexibility index (Phi) is 8.74. The van der Waals surface area contributed by atoms with E-state index in [0.717, 1.165) is 46.3 Å². The summed E-state index contributed by atoms with van der Waals surface area (Å²) < 4.78 is 0. The van der Waals surface area contributed by atoms with Crippen LogP contribution in [-0.4, -0.2) is 0 Å². The van der Waals surface area contributed by atoms with Crippen molar-refractivity contribution in [1.82, 2.24) is 0 Å². The highest BCUT2D eigenvalue weighted by molar-refractivity contribution is 5.07. The third-order valence-corrected chi connectivity index (χ3v) is 12.7. The molecule has 0 aromatic carbocycles. The van der Waals surface area contributed by atoms with E-state index in [1.807, 2.05) is 0 Å². The van der Waals surface area contributed by atoms with Crippen molar-refractivity contribution in [3.63, 3.8) is 0 Å². The minimum Gasteiger partial charge on any atom is -0.0654 e. The molecule has 0 saturated heterocycles. The van der Waals surface area contributed by atoms with Crippen LogP contribution in [0.5, 0.6) is 0 Å². The van der Waals surface area contributed by atoms with Crippen LogP contribution in [0.3, 0.4) is 0 Å². The summed E-state index contributed by atoms with van der Waals surface area (Å²) in [6.45, 7) is 4.73. The number of hydrogen-bond donors (Lipinski definition) is 0. The van der Waals surface area contributed by atoms with E-state index in [-0.39, 0.29) is 0 Å².